The van der Waals surface area contributed by atoms with Gasteiger partial charge in [-0.15, -0.1) is 0 Å². The number of rotatable bonds is 7. The molecule has 0 fully saturated rings. The van der Waals surface area contributed by atoms with Crippen molar-refractivity contribution < 1.29 is 18.0 Å². The molecule has 2 N–H and O–H groups in total. The summed E-state index contributed by atoms with van der Waals surface area (Å²) in [5, 5.41) is 7.26. The Bertz CT molecular complexity index is 1160. The maximum Gasteiger partial charge on any atom is 0.416 e. The zero-order valence-corrected chi connectivity index (χ0v) is 16.9. The number of carbonyl (C=O) groups is 1. The minimum Gasteiger partial charge on any atom is -0.333 e. The van der Waals surface area contributed by atoms with Gasteiger partial charge in [-0.25, -0.2) is 14.6 Å². The second kappa shape index (κ2) is 8.80. The monoisotopic (exact) mass is 446 g/mol. The molecule has 0 saturated heterocycles. The molecule has 2 heterocycles. The van der Waals surface area contributed by atoms with Crippen LogP contribution in [-0.4, -0.2) is 36.4 Å². The SMILES string of the molecule is O=C(CCCSc1nc2ccccc2[nH]1)Nc1cc(C(F)(F)F)ccc1-n1cncn1. The van der Waals surface area contributed by atoms with E-state index in [1.807, 2.05) is 24.3 Å². The summed E-state index contributed by atoms with van der Waals surface area (Å²) >= 11 is 1.48. The van der Waals surface area contributed by atoms with E-state index >= 15 is 0 Å². The lowest BCUT2D eigenvalue weighted by Gasteiger charge is -2.14. The number of anilines is 1. The average molecular weight is 446 g/mol. The smallest absolute Gasteiger partial charge is 0.333 e. The maximum absolute atomic E-state index is 13.1. The number of para-hydroxylation sites is 2. The quantitative estimate of drug-likeness (QED) is 0.318. The van der Waals surface area contributed by atoms with E-state index in [-0.39, 0.29) is 18.0 Å². The number of aromatic amines is 1. The first kappa shape index (κ1) is 20.9. The van der Waals surface area contributed by atoms with Crippen LogP contribution in [-0.2, 0) is 11.0 Å². The zero-order chi connectivity index (χ0) is 21.8. The number of carbonyl (C=O) groups excluding carboxylic acids is 1. The van der Waals surface area contributed by atoms with Crippen molar-refractivity contribution in [3.05, 3.63) is 60.7 Å². The summed E-state index contributed by atoms with van der Waals surface area (Å²) in [5.41, 5.74) is 1.28. The molecule has 0 aliphatic carbocycles. The fourth-order valence-electron chi connectivity index (χ4n) is 2.96. The maximum atomic E-state index is 13.1. The first-order chi connectivity index (χ1) is 14.9. The molecule has 2 aromatic carbocycles. The first-order valence-electron chi connectivity index (χ1n) is 9.34. The Hall–Kier alpha value is -3.34. The lowest BCUT2D eigenvalue weighted by molar-refractivity contribution is -0.137. The molecule has 0 bridgehead atoms. The van der Waals surface area contributed by atoms with Crippen LogP contribution in [0, 0.1) is 0 Å². The van der Waals surface area contributed by atoms with Crippen molar-refractivity contribution in [3.63, 3.8) is 0 Å². The average Bonchev–Trinajstić information content (AvgIpc) is 3.40. The third-order valence-electron chi connectivity index (χ3n) is 4.42. The minimum absolute atomic E-state index is 0.0234. The van der Waals surface area contributed by atoms with Gasteiger partial charge in [0.05, 0.1) is 28.0 Å². The molecule has 1 amide bonds. The van der Waals surface area contributed by atoms with Crippen LogP contribution in [0.25, 0.3) is 16.7 Å². The molecular formula is C20H17F3N6OS. The standard InChI is InChI=1S/C20H17F3N6OS/c21-20(22,23)13-7-8-17(29-12-24-11-25-29)16(10-13)26-18(30)6-3-9-31-19-27-14-4-1-2-5-15(14)28-19/h1-2,4-5,7-8,10-12H,3,6,9H2,(H,26,30)(H,27,28). The summed E-state index contributed by atoms with van der Waals surface area (Å²) in [6.07, 6.45) is -1.23. The van der Waals surface area contributed by atoms with E-state index in [0.717, 1.165) is 28.3 Å². The molecule has 0 radical (unpaired) electrons. The van der Waals surface area contributed by atoms with Gasteiger partial charge in [0, 0.05) is 12.2 Å². The van der Waals surface area contributed by atoms with Crippen molar-refractivity contribution in [2.75, 3.05) is 11.1 Å². The Balaban J connectivity index is 1.38. The molecule has 0 spiro atoms. The fourth-order valence-corrected chi connectivity index (χ4v) is 3.78. The number of hydrogen-bond donors (Lipinski definition) is 2. The summed E-state index contributed by atoms with van der Waals surface area (Å²) in [7, 11) is 0. The van der Waals surface area contributed by atoms with E-state index < -0.39 is 11.7 Å². The third-order valence-corrected chi connectivity index (χ3v) is 5.38. The van der Waals surface area contributed by atoms with E-state index in [1.54, 1.807) is 0 Å². The lowest BCUT2D eigenvalue weighted by Crippen LogP contribution is -2.15. The number of halogens is 3. The summed E-state index contributed by atoms with van der Waals surface area (Å²) in [4.78, 5) is 23.8. The molecule has 0 atom stereocenters. The van der Waals surface area contributed by atoms with Crippen LogP contribution in [0.3, 0.4) is 0 Å². The molecule has 0 aliphatic heterocycles. The number of H-pyrrole nitrogens is 1. The van der Waals surface area contributed by atoms with Crippen LogP contribution >= 0.6 is 11.8 Å². The highest BCUT2D eigenvalue weighted by Crippen LogP contribution is 2.33. The molecule has 4 aromatic rings. The zero-order valence-electron chi connectivity index (χ0n) is 16.1. The number of nitrogens with one attached hydrogen (secondary N) is 2. The van der Waals surface area contributed by atoms with E-state index in [0.29, 0.717) is 17.9 Å². The normalized spacial score (nSPS) is 11.7. The lowest BCUT2D eigenvalue weighted by atomic mass is 10.1. The third kappa shape index (κ3) is 5.05. The molecule has 0 saturated carbocycles. The highest BCUT2D eigenvalue weighted by molar-refractivity contribution is 7.99. The molecule has 31 heavy (non-hydrogen) atoms. The minimum atomic E-state index is -4.52. The molecule has 2 aromatic heterocycles. The van der Waals surface area contributed by atoms with Crippen LogP contribution in [0.15, 0.2) is 60.3 Å². The van der Waals surface area contributed by atoms with Crippen molar-refractivity contribution in [1.82, 2.24) is 24.7 Å². The van der Waals surface area contributed by atoms with Crippen LogP contribution in [0.1, 0.15) is 18.4 Å². The molecule has 0 aliphatic rings. The van der Waals surface area contributed by atoms with Crippen LogP contribution in [0.5, 0.6) is 0 Å². The van der Waals surface area contributed by atoms with Crippen molar-refractivity contribution in [3.8, 4) is 5.69 Å². The summed E-state index contributed by atoms with van der Waals surface area (Å²) < 4.78 is 40.6. The van der Waals surface area contributed by atoms with Crippen molar-refractivity contribution in [1.29, 1.82) is 0 Å². The van der Waals surface area contributed by atoms with Crippen molar-refractivity contribution in [2.45, 2.75) is 24.2 Å². The fraction of sp³-hybridized carbons (Fsp3) is 0.200. The van der Waals surface area contributed by atoms with E-state index in [2.05, 4.69) is 25.4 Å². The van der Waals surface area contributed by atoms with Gasteiger partial charge in [0.2, 0.25) is 5.91 Å². The molecular weight excluding hydrogens is 429 g/mol. The number of alkyl halides is 3. The van der Waals surface area contributed by atoms with Crippen LogP contribution in [0.2, 0.25) is 0 Å². The largest absolute Gasteiger partial charge is 0.416 e. The van der Waals surface area contributed by atoms with Gasteiger partial charge in [-0.3, -0.25) is 4.79 Å². The van der Waals surface area contributed by atoms with Gasteiger partial charge in [-0.05, 0) is 36.8 Å². The molecule has 11 heteroatoms. The van der Waals surface area contributed by atoms with Gasteiger partial charge in [0.1, 0.15) is 12.7 Å². The Morgan fingerprint density at radius 1 is 1.19 bits per heavy atom. The molecule has 4 rings (SSSR count). The number of aromatic nitrogens is 5. The van der Waals surface area contributed by atoms with Gasteiger partial charge in [-0.2, -0.15) is 18.3 Å². The Morgan fingerprint density at radius 2 is 2.03 bits per heavy atom. The predicted molar refractivity (Wildman–Crippen MR) is 111 cm³/mol. The summed E-state index contributed by atoms with van der Waals surface area (Å²) in [5.74, 6) is 0.247. The predicted octanol–water partition coefficient (Wildman–Crippen LogP) is 4.67. The Morgan fingerprint density at radius 3 is 2.77 bits per heavy atom. The Labute approximate surface area is 179 Å². The molecule has 160 valence electrons. The number of thioether (sulfide) groups is 1. The van der Waals surface area contributed by atoms with Crippen molar-refractivity contribution in [2.24, 2.45) is 0 Å². The van der Waals surface area contributed by atoms with Gasteiger partial charge >= 0.3 is 6.18 Å². The highest BCUT2D eigenvalue weighted by Gasteiger charge is 2.31. The van der Waals surface area contributed by atoms with E-state index in [4.69, 9.17) is 0 Å². The number of benzene rings is 2. The Kier molecular flexibility index (Phi) is 5.94. The van der Waals surface area contributed by atoms with Gasteiger partial charge < -0.3 is 10.3 Å². The van der Waals surface area contributed by atoms with E-state index in [9.17, 15) is 18.0 Å². The van der Waals surface area contributed by atoms with Gasteiger partial charge in [0.25, 0.3) is 0 Å². The summed E-state index contributed by atoms with van der Waals surface area (Å²) in [6.45, 7) is 0. The topological polar surface area (TPSA) is 88.5 Å². The van der Waals surface area contributed by atoms with E-state index in [1.165, 1.54) is 35.2 Å². The summed E-state index contributed by atoms with van der Waals surface area (Å²) in [6, 6.07) is 10.8. The first-order valence-corrected chi connectivity index (χ1v) is 10.3. The second-order valence-corrected chi connectivity index (χ2v) is 7.71. The number of fused-ring (bicyclic) bond motifs is 1. The van der Waals surface area contributed by atoms with Crippen LogP contribution < -0.4 is 5.32 Å². The van der Waals surface area contributed by atoms with Gasteiger partial charge in [0.15, 0.2) is 5.16 Å². The number of imidazole rings is 1. The van der Waals surface area contributed by atoms with Gasteiger partial charge in [-0.1, -0.05) is 23.9 Å². The van der Waals surface area contributed by atoms with Crippen molar-refractivity contribution >= 4 is 34.4 Å². The van der Waals surface area contributed by atoms with Crippen LogP contribution in [0.4, 0.5) is 18.9 Å². The molecule has 7 nitrogen and oxygen atoms in total. The number of amides is 1. The molecule has 0 unspecified atom stereocenters. The highest BCUT2D eigenvalue weighted by atomic mass is 32.2. The number of nitrogens with zero attached hydrogens (tertiary/aromatic N) is 4. The second-order valence-electron chi connectivity index (χ2n) is 6.63. The number of hydrogen-bond acceptors (Lipinski definition) is 5.